The first-order valence-corrected chi connectivity index (χ1v) is 5.68. The minimum Gasteiger partial charge on any atom is -0.329 e. The Morgan fingerprint density at radius 3 is 2.77 bits per heavy atom. The van der Waals surface area contributed by atoms with E-state index in [0.29, 0.717) is 6.04 Å². The average Bonchev–Trinajstić information content (AvgIpc) is 2.62. The van der Waals surface area contributed by atoms with Crippen molar-refractivity contribution in [2.45, 2.75) is 45.2 Å². The van der Waals surface area contributed by atoms with Gasteiger partial charge in [0.1, 0.15) is 0 Å². The molecule has 1 heterocycles. The summed E-state index contributed by atoms with van der Waals surface area (Å²) >= 11 is 0. The Morgan fingerprint density at radius 2 is 2.15 bits per heavy atom. The van der Waals surface area contributed by atoms with E-state index >= 15 is 0 Å². The summed E-state index contributed by atoms with van der Waals surface area (Å²) in [4.78, 5) is 2.68. The molecule has 2 nitrogen and oxygen atoms in total. The molecule has 2 rings (SSSR count). The highest BCUT2D eigenvalue weighted by molar-refractivity contribution is 4.99. The Balaban J connectivity index is 2.00. The van der Waals surface area contributed by atoms with E-state index in [1.807, 2.05) is 0 Å². The molecule has 1 saturated carbocycles. The summed E-state index contributed by atoms with van der Waals surface area (Å²) in [5.41, 5.74) is 5.84. The molecule has 2 fully saturated rings. The summed E-state index contributed by atoms with van der Waals surface area (Å²) < 4.78 is 0. The van der Waals surface area contributed by atoms with Gasteiger partial charge in [0.15, 0.2) is 0 Å². The van der Waals surface area contributed by atoms with Gasteiger partial charge in [-0.3, -0.25) is 4.90 Å². The number of nitrogens with zero attached hydrogens (tertiary/aromatic N) is 1. The zero-order valence-corrected chi connectivity index (χ0v) is 8.87. The van der Waals surface area contributed by atoms with Crippen LogP contribution in [0.2, 0.25) is 0 Å². The Kier molecular flexibility index (Phi) is 2.61. The Morgan fingerprint density at radius 1 is 1.38 bits per heavy atom. The molecule has 1 aliphatic carbocycles. The Bertz CT molecular complexity index is 179. The van der Waals surface area contributed by atoms with Gasteiger partial charge in [-0.1, -0.05) is 13.8 Å². The largest absolute Gasteiger partial charge is 0.329 e. The SMILES string of the molecule is CC(C)CN1C2CCC(C2)C1CN. The third kappa shape index (κ3) is 1.62. The molecule has 3 unspecified atom stereocenters. The van der Waals surface area contributed by atoms with Gasteiger partial charge in [-0.15, -0.1) is 0 Å². The lowest BCUT2D eigenvalue weighted by molar-refractivity contribution is 0.127. The Labute approximate surface area is 81.5 Å². The van der Waals surface area contributed by atoms with Crippen molar-refractivity contribution in [3.63, 3.8) is 0 Å². The molecule has 2 bridgehead atoms. The second-order valence-corrected chi connectivity index (χ2v) is 5.12. The molecular weight excluding hydrogens is 160 g/mol. The molecule has 13 heavy (non-hydrogen) atoms. The van der Waals surface area contributed by atoms with Gasteiger partial charge in [0.05, 0.1) is 0 Å². The molecule has 2 aliphatic rings. The lowest BCUT2D eigenvalue weighted by Crippen LogP contribution is -2.46. The predicted molar refractivity (Wildman–Crippen MR) is 55.5 cm³/mol. The molecule has 2 heteroatoms. The van der Waals surface area contributed by atoms with Crippen LogP contribution in [0.1, 0.15) is 33.1 Å². The highest BCUT2D eigenvalue weighted by Gasteiger charge is 2.44. The third-order valence-electron chi connectivity index (χ3n) is 3.70. The molecule has 0 aromatic heterocycles. The van der Waals surface area contributed by atoms with Crippen LogP contribution in [0.5, 0.6) is 0 Å². The zero-order chi connectivity index (χ0) is 9.42. The number of hydrogen-bond donors (Lipinski definition) is 1. The first-order chi connectivity index (χ1) is 6.22. The molecule has 0 amide bonds. The van der Waals surface area contributed by atoms with Gasteiger partial charge in [0, 0.05) is 25.2 Å². The number of likely N-dealkylation sites (tertiary alicyclic amines) is 1. The van der Waals surface area contributed by atoms with Gasteiger partial charge in [-0.25, -0.2) is 0 Å². The standard InChI is InChI=1S/C11H22N2/c1-8(2)7-13-10-4-3-9(5-10)11(13)6-12/h8-11H,3-7,12H2,1-2H3. The van der Waals surface area contributed by atoms with E-state index in [0.717, 1.165) is 24.4 Å². The van der Waals surface area contributed by atoms with Gasteiger partial charge in [-0.05, 0) is 31.1 Å². The van der Waals surface area contributed by atoms with E-state index in [2.05, 4.69) is 18.7 Å². The van der Waals surface area contributed by atoms with Crippen LogP contribution in [-0.4, -0.2) is 30.1 Å². The van der Waals surface area contributed by atoms with Crippen LogP contribution in [0.25, 0.3) is 0 Å². The third-order valence-corrected chi connectivity index (χ3v) is 3.70. The van der Waals surface area contributed by atoms with Crippen molar-refractivity contribution in [1.82, 2.24) is 4.90 Å². The van der Waals surface area contributed by atoms with Crippen LogP contribution in [0.15, 0.2) is 0 Å². The van der Waals surface area contributed by atoms with E-state index in [4.69, 9.17) is 5.73 Å². The number of rotatable bonds is 3. The lowest BCUT2D eigenvalue weighted by Gasteiger charge is -2.35. The number of fused-ring (bicyclic) bond motifs is 2. The molecule has 1 aliphatic heterocycles. The van der Waals surface area contributed by atoms with Gasteiger partial charge in [0.2, 0.25) is 0 Å². The fourth-order valence-electron chi connectivity index (χ4n) is 3.22. The van der Waals surface area contributed by atoms with Crippen molar-refractivity contribution in [3.8, 4) is 0 Å². The normalized spacial score (nSPS) is 39.2. The fraction of sp³-hybridized carbons (Fsp3) is 1.00. The maximum absolute atomic E-state index is 5.84. The van der Waals surface area contributed by atoms with Crippen LogP contribution >= 0.6 is 0 Å². The molecule has 0 spiro atoms. The molecule has 2 N–H and O–H groups in total. The second-order valence-electron chi connectivity index (χ2n) is 5.12. The molecule has 1 saturated heterocycles. The highest BCUT2D eigenvalue weighted by Crippen LogP contribution is 2.42. The molecule has 0 aromatic carbocycles. The van der Waals surface area contributed by atoms with Gasteiger partial charge < -0.3 is 5.73 Å². The van der Waals surface area contributed by atoms with E-state index in [-0.39, 0.29) is 0 Å². The molecule has 3 atom stereocenters. The molecule has 0 radical (unpaired) electrons. The molecule has 76 valence electrons. The number of hydrogen-bond acceptors (Lipinski definition) is 2. The summed E-state index contributed by atoms with van der Waals surface area (Å²) in [7, 11) is 0. The number of nitrogens with two attached hydrogens (primary N) is 1. The first kappa shape index (κ1) is 9.47. The Hall–Kier alpha value is -0.0800. The van der Waals surface area contributed by atoms with Crippen molar-refractivity contribution in [2.75, 3.05) is 13.1 Å². The van der Waals surface area contributed by atoms with E-state index in [9.17, 15) is 0 Å². The van der Waals surface area contributed by atoms with E-state index in [1.165, 1.54) is 25.8 Å². The topological polar surface area (TPSA) is 29.3 Å². The lowest BCUT2D eigenvalue weighted by atomic mass is 9.98. The number of piperidine rings is 1. The van der Waals surface area contributed by atoms with E-state index in [1.54, 1.807) is 0 Å². The van der Waals surface area contributed by atoms with Crippen molar-refractivity contribution < 1.29 is 0 Å². The van der Waals surface area contributed by atoms with Crippen molar-refractivity contribution >= 4 is 0 Å². The first-order valence-electron chi connectivity index (χ1n) is 5.68. The zero-order valence-electron chi connectivity index (χ0n) is 8.87. The second kappa shape index (κ2) is 3.58. The summed E-state index contributed by atoms with van der Waals surface area (Å²) in [6.45, 7) is 6.73. The van der Waals surface area contributed by atoms with Crippen LogP contribution in [-0.2, 0) is 0 Å². The highest BCUT2D eigenvalue weighted by atomic mass is 15.2. The molecular formula is C11H22N2. The summed E-state index contributed by atoms with van der Waals surface area (Å²) in [6, 6.07) is 1.59. The van der Waals surface area contributed by atoms with Crippen molar-refractivity contribution in [3.05, 3.63) is 0 Å². The van der Waals surface area contributed by atoms with Crippen molar-refractivity contribution in [1.29, 1.82) is 0 Å². The van der Waals surface area contributed by atoms with E-state index < -0.39 is 0 Å². The van der Waals surface area contributed by atoms with Gasteiger partial charge in [-0.2, -0.15) is 0 Å². The minimum atomic E-state index is 0.709. The van der Waals surface area contributed by atoms with Crippen molar-refractivity contribution in [2.24, 2.45) is 17.6 Å². The predicted octanol–water partition coefficient (Wildman–Crippen LogP) is 1.45. The monoisotopic (exact) mass is 182 g/mol. The van der Waals surface area contributed by atoms with Gasteiger partial charge >= 0.3 is 0 Å². The maximum atomic E-state index is 5.84. The van der Waals surface area contributed by atoms with Crippen LogP contribution in [0.4, 0.5) is 0 Å². The van der Waals surface area contributed by atoms with Crippen LogP contribution in [0.3, 0.4) is 0 Å². The maximum Gasteiger partial charge on any atom is 0.0250 e. The summed E-state index contributed by atoms with van der Waals surface area (Å²) in [5, 5.41) is 0. The van der Waals surface area contributed by atoms with Crippen LogP contribution < -0.4 is 5.73 Å². The summed E-state index contributed by atoms with van der Waals surface area (Å²) in [5.74, 6) is 1.71. The average molecular weight is 182 g/mol. The minimum absolute atomic E-state index is 0.709. The summed E-state index contributed by atoms with van der Waals surface area (Å²) in [6.07, 6.45) is 4.28. The van der Waals surface area contributed by atoms with Crippen LogP contribution in [0, 0.1) is 11.8 Å². The molecule has 0 aromatic rings. The van der Waals surface area contributed by atoms with Gasteiger partial charge in [0.25, 0.3) is 0 Å². The fourth-order valence-corrected chi connectivity index (χ4v) is 3.22. The quantitative estimate of drug-likeness (QED) is 0.716. The smallest absolute Gasteiger partial charge is 0.0250 e.